The summed E-state index contributed by atoms with van der Waals surface area (Å²) in [7, 11) is 0. The van der Waals surface area contributed by atoms with E-state index >= 15 is 0 Å². The highest BCUT2D eigenvalue weighted by Crippen LogP contribution is 2.18. The molecule has 0 aliphatic rings. The summed E-state index contributed by atoms with van der Waals surface area (Å²) in [6.45, 7) is 6.48. The van der Waals surface area contributed by atoms with Crippen LogP contribution < -0.4 is 0 Å². The van der Waals surface area contributed by atoms with Gasteiger partial charge < -0.3 is 14.2 Å². The van der Waals surface area contributed by atoms with Crippen LogP contribution in [0.25, 0.3) is 0 Å². The van der Waals surface area contributed by atoms with E-state index in [-0.39, 0.29) is 37.5 Å². The van der Waals surface area contributed by atoms with Crippen molar-refractivity contribution in [2.24, 2.45) is 0 Å². The van der Waals surface area contributed by atoms with E-state index < -0.39 is 6.10 Å². The van der Waals surface area contributed by atoms with Crippen LogP contribution in [0.4, 0.5) is 0 Å². The average molecular weight is 1100 g/mol. The standard InChI is InChI=1S/C73H130O6/c1-4-7-10-13-16-19-22-24-26-27-28-29-30-31-32-33-34-35-36-37-38-39-40-41-42-43-44-45-47-48-51-54-57-60-63-66-72(75)78-69-70(68-77-71(74)65-62-59-56-53-50-21-18-15-12-9-6-3)79-73(76)67-64-61-58-55-52-49-46-25-23-20-17-14-11-8-5-2/h8,11,15,17-18,20,25,27-28,46,52,55,70H,4-7,9-10,12-14,16,19,21-24,26,29-45,47-51,53-54,56-69H2,1-3H3/b11-8-,18-15-,20-17-,28-27-,46-25-,55-52-. The molecule has 0 rings (SSSR count). The van der Waals surface area contributed by atoms with E-state index in [9.17, 15) is 14.4 Å². The lowest BCUT2D eigenvalue weighted by atomic mass is 10.0. The van der Waals surface area contributed by atoms with Crippen molar-refractivity contribution in [3.63, 3.8) is 0 Å². The van der Waals surface area contributed by atoms with Crippen LogP contribution in [-0.2, 0) is 28.6 Å². The molecule has 0 aromatic carbocycles. The van der Waals surface area contributed by atoms with E-state index in [1.807, 2.05) is 0 Å². The fourth-order valence-electron chi connectivity index (χ4n) is 10.0. The van der Waals surface area contributed by atoms with Gasteiger partial charge in [0.05, 0.1) is 0 Å². The quantitative estimate of drug-likeness (QED) is 0.0261. The molecule has 0 bridgehead atoms. The van der Waals surface area contributed by atoms with Crippen LogP contribution in [0.5, 0.6) is 0 Å². The summed E-state index contributed by atoms with van der Waals surface area (Å²) < 4.78 is 16.8. The summed E-state index contributed by atoms with van der Waals surface area (Å²) in [5.74, 6) is -0.931. The van der Waals surface area contributed by atoms with E-state index in [0.717, 1.165) is 83.5 Å². The molecule has 0 aromatic heterocycles. The molecule has 0 fully saturated rings. The van der Waals surface area contributed by atoms with Crippen molar-refractivity contribution in [2.45, 2.75) is 361 Å². The Morgan fingerprint density at radius 3 is 0.848 bits per heavy atom. The highest BCUT2D eigenvalue weighted by atomic mass is 16.6. The minimum Gasteiger partial charge on any atom is -0.462 e. The van der Waals surface area contributed by atoms with Gasteiger partial charge in [-0.3, -0.25) is 14.4 Å². The normalized spacial score (nSPS) is 12.5. The largest absolute Gasteiger partial charge is 0.462 e. The van der Waals surface area contributed by atoms with Crippen LogP contribution in [0.3, 0.4) is 0 Å². The van der Waals surface area contributed by atoms with Crippen LogP contribution in [0.2, 0.25) is 0 Å². The van der Waals surface area contributed by atoms with E-state index in [0.29, 0.717) is 19.3 Å². The molecule has 6 nitrogen and oxygen atoms in total. The first-order valence-corrected chi connectivity index (χ1v) is 34.4. The summed E-state index contributed by atoms with van der Waals surface area (Å²) >= 11 is 0. The third-order valence-electron chi connectivity index (χ3n) is 15.2. The molecule has 0 saturated heterocycles. The van der Waals surface area contributed by atoms with Crippen molar-refractivity contribution in [2.75, 3.05) is 13.2 Å². The van der Waals surface area contributed by atoms with Crippen LogP contribution in [0, 0.1) is 0 Å². The Bertz CT molecular complexity index is 1450. The second kappa shape index (κ2) is 67.4. The molecule has 1 unspecified atom stereocenters. The second-order valence-corrected chi connectivity index (χ2v) is 23.1. The predicted octanol–water partition coefficient (Wildman–Crippen LogP) is 23.7. The first-order valence-electron chi connectivity index (χ1n) is 34.4. The predicted molar refractivity (Wildman–Crippen MR) is 344 cm³/mol. The Labute approximate surface area is 491 Å². The van der Waals surface area contributed by atoms with Gasteiger partial charge in [-0.15, -0.1) is 0 Å². The summed E-state index contributed by atoms with van der Waals surface area (Å²) in [5, 5.41) is 0. The molecule has 0 saturated carbocycles. The number of esters is 3. The van der Waals surface area contributed by atoms with Gasteiger partial charge in [-0.2, -0.15) is 0 Å². The Morgan fingerprint density at radius 1 is 0.266 bits per heavy atom. The molecular weight excluding hydrogens is 973 g/mol. The number of ether oxygens (including phenoxy) is 3. The maximum atomic E-state index is 12.8. The smallest absolute Gasteiger partial charge is 0.306 e. The highest BCUT2D eigenvalue weighted by Gasteiger charge is 2.19. The highest BCUT2D eigenvalue weighted by molar-refractivity contribution is 5.71. The topological polar surface area (TPSA) is 78.9 Å². The lowest BCUT2D eigenvalue weighted by Gasteiger charge is -2.18. The molecule has 6 heteroatoms. The van der Waals surface area contributed by atoms with Crippen molar-refractivity contribution >= 4 is 17.9 Å². The number of allylic oxidation sites excluding steroid dienone is 12. The minimum atomic E-state index is -0.799. The Hall–Kier alpha value is -3.15. The van der Waals surface area contributed by atoms with Gasteiger partial charge in [-0.1, -0.05) is 306 Å². The Balaban J connectivity index is 4.05. The van der Waals surface area contributed by atoms with E-state index in [1.54, 1.807) is 0 Å². The molecule has 0 aliphatic carbocycles. The Kier molecular flexibility index (Phi) is 64.7. The third-order valence-corrected chi connectivity index (χ3v) is 15.2. The molecule has 0 radical (unpaired) electrons. The summed E-state index contributed by atoms with van der Waals surface area (Å²) in [6, 6.07) is 0. The molecule has 0 aliphatic heterocycles. The number of hydrogen-bond acceptors (Lipinski definition) is 6. The maximum Gasteiger partial charge on any atom is 0.306 e. The van der Waals surface area contributed by atoms with Crippen molar-refractivity contribution in [3.05, 3.63) is 72.9 Å². The average Bonchev–Trinajstić information content (AvgIpc) is 3.45. The van der Waals surface area contributed by atoms with Gasteiger partial charge in [-0.25, -0.2) is 0 Å². The fraction of sp³-hybridized carbons (Fsp3) is 0.795. The zero-order valence-corrected chi connectivity index (χ0v) is 52.6. The van der Waals surface area contributed by atoms with E-state index in [1.165, 1.54) is 225 Å². The molecular formula is C73H130O6. The third kappa shape index (κ3) is 65.5. The lowest BCUT2D eigenvalue weighted by molar-refractivity contribution is -0.167. The zero-order chi connectivity index (χ0) is 57.1. The lowest BCUT2D eigenvalue weighted by Crippen LogP contribution is -2.30. The van der Waals surface area contributed by atoms with Crippen LogP contribution in [-0.4, -0.2) is 37.2 Å². The van der Waals surface area contributed by atoms with Crippen LogP contribution in [0.1, 0.15) is 355 Å². The minimum absolute atomic E-state index is 0.0920. The van der Waals surface area contributed by atoms with Gasteiger partial charge in [0.1, 0.15) is 13.2 Å². The van der Waals surface area contributed by atoms with Gasteiger partial charge in [0, 0.05) is 19.3 Å². The van der Waals surface area contributed by atoms with E-state index in [4.69, 9.17) is 14.2 Å². The molecule has 0 spiro atoms. The Morgan fingerprint density at radius 2 is 0.506 bits per heavy atom. The molecule has 0 N–H and O–H groups in total. The number of carbonyl (C=O) groups is 3. The fourth-order valence-corrected chi connectivity index (χ4v) is 10.0. The van der Waals surface area contributed by atoms with Crippen molar-refractivity contribution in [1.29, 1.82) is 0 Å². The van der Waals surface area contributed by atoms with Crippen LogP contribution in [0.15, 0.2) is 72.9 Å². The first kappa shape index (κ1) is 75.8. The SMILES string of the molecule is CC/C=C\C/C=C\C/C=C\C/C=C\CCCCC(=O)OC(COC(=O)CCCCCCC/C=C\CCCC)COC(=O)CCCCCCCCCCCCCCCCCCCCCCCCC/C=C\CCCCCCCCCC. The van der Waals surface area contributed by atoms with Gasteiger partial charge in [0.15, 0.2) is 6.10 Å². The molecule has 458 valence electrons. The molecule has 79 heavy (non-hydrogen) atoms. The first-order chi connectivity index (χ1) is 39.0. The monoisotopic (exact) mass is 1100 g/mol. The van der Waals surface area contributed by atoms with Crippen molar-refractivity contribution in [3.8, 4) is 0 Å². The number of hydrogen-bond donors (Lipinski definition) is 0. The van der Waals surface area contributed by atoms with Gasteiger partial charge in [0.2, 0.25) is 0 Å². The number of unbranched alkanes of at least 4 members (excludes halogenated alkanes) is 40. The number of rotatable bonds is 63. The van der Waals surface area contributed by atoms with Gasteiger partial charge in [-0.05, 0) is 103 Å². The molecule has 1 atom stereocenters. The molecule has 0 amide bonds. The summed E-state index contributed by atoms with van der Waals surface area (Å²) in [5.41, 5.74) is 0. The van der Waals surface area contributed by atoms with Gasteiger partial charge in [0.25, 0.3) is 0 Å². The summed E-state index contributed by atoms with van der Waals surface area (Å²) in [4.78, 5) is 38.2. The molecule has 0 aromatic rings. The van der Waals surface area contributed by atoms with E-state index in [2.05, 4.69) is 93.7 Å². The van der Waals surface area contributed by atoms with Gasteiger partial charge >= 0.3 is 17.9 Å². The molecule has 0 heterocycles. The second-order valence-electron chi connectivity index (χ2n) is 23.1. The maximum absolute atomic E-state index is 12.8. The number of carbonyl (C=O) groups excluding carboxylic acids is 3. The zero-order valence-electron chi connectivity index (χ0n) is 52.6. The summed E-state index contributed by atoms with van der Waals surface area (Å²) in [6.07, 6.45) is 88.2. The van der Waals surface area contributed by atoms with Crippen molar-refractivity contribution < 1.29 is 28.6 Å². The van der Waals surface area contributed by atoms with Crippen LogP contribution >= 0.6 is 0 Å². The van der Waals surface area contributed by atoms with Crippen molar-refractivity contribution in [1.82, 2.24) is 0 Å².